The summed E-state index contributed by atoms with van der Waals surface area (Å²) in [6, 6.07) is 3.31. The number of hydrogen-bond acceptors (Lipinski definition) is 6. The first-order valence-electron chi connectivity index (χ1n) is 7.35. The van der Waals surface area contributed by atoms with Crippen molar-refractivity contribution in [3.63, 3.8) is 0 Å². The summed E-state index contributed by atoms with van der Waals surface area (Å²) in [5, 5.41) is 5.21. The van der Waals surface area contributed by atoms with Gasteiger partial charge in [-0.05, 0) is 47.8 Å². The zero-order valence-electron chi connectivity index (χ0n) is 12.9. The Morgan fingerprint density at radius 2 is 2.25 bits per heavy atom. The molecule has 1 saturated heterocycles. The summed E-state index contributed by atoms with van der Waals surface area (Å²) >= 11 is 5.84. The number of aromatic nitrogens is 1. The number of halogens is 1. The highest BCUT2D eigenvalue weighted by molar-refractivity contribution is 9.11. The first-order chi connectivity index (χ1) is 11.4. The van der Waals surface area contributed by atoms with Crippen molar-refractivity contribution in [2.45, 2.75) is 24.0 Å². The Balaban J connectivity index is 1.71. The summed E-state index contributed by atoms with van der Waals surface area (Å²) in [5.74, 6) is -0.530. The lowest BCUT2D eigenvalue weighted by atomic mass is 9.99. The predicted molar refractivity (Wildman–Crippen MR) is 99.0 cm³/mol. The van der Waals surface area contributed by atoms with Gasteiger partial charge >= 0.3 is 0 Å². The van der Waals surface area contributed by atoms with Crippen LogP contribution in [0, 0.1) is 12.8 Å². The standard InChI is InChI=1S/C14H16BrN3O3S3/c1-9-8-22-14(16-9)17-13(19)10-3-2-6-18(7-10)24(20,21)12-5-4-11(15)23-12/h4-5,8,10H,2-3,6-7H2,1H3,(H,16,17,19)/t10-/m0/s1. The molecule has 24 heavy (non-hydrogen) atoms. The van der Waals surface area contributed by atoms with E-state index in [1.165, 1.54) is 27.0 Å². The van der Waals surface area contributed by atoms with Gasteiger partial charge < -0.3 is 5.32 Å². The Morgan fingerprint density at radius 3 is 2.88 bits per heavy atom. The molecule has 0 saturated carbocycles. The fourth-order valence-electron chi connectivity index (χ4n) is 2.56. The summed E-state index contributed by atoms with van der Waals surface area (Å²) in [6.07, 6.45) is 1.34. The molecule has 0 radical (unpaired) electrons. The smallest absolute Gasteiger partial charge is 0.252 e. The second-order valence-electron chi connectivity index (χ2n) is 5.54. The molecule has 1 fully saturated rings. The van der Waals surface area contributed by atoms with E-state index in [4.69, 9.17) is 0 Å². The van der Waals surface area contributed by atoms with Crippen molar-refractivity contribution in [1.82, 2.24) is 9.29 Å². The maximum Gasteiger partial charge on any atom is 0.252 e. The molecule has 0 unspecified atom stereocenters. The molecule has 1 N–H and O–H groups in total. The van der Waals surface area contributed by atoms with Crippen LogP contribution in [0.3, 0.4) is 0 Å². The van der Waals surface area contributed by atoms with Crippen molar-refractivity contribution in [3.05, 3.63) is 27.0 Å². The average Bonchev–Trinajstić information content (AvgIpc) is 3.16. The van der Waals surface area contributed by atoms with Crippen LogP contribution in [0.15, 0.2) is 25.5 Å². The van der Waals surface area contributed by atoms with Gasteiger partial charge in [0, 0.05) is 18.5 Å². The third kappa shape index (κ3) is 3.88. The van der Waals surface area contributed by atoms with Crippen LogP contribution in [0.5, 0.6) is 0 Å². The van der Waals surface area contributed by atoms with Crippen LogP contribution in [-0.2, 0) is 14.8 Å². The second-order valence-corrected chi connectivity index (χ2v) is 11.0. The van der Waals surface area contributed by atoms with Crippen LogP contribution in [0.2, 0.25) is 0 Å². The van der Waals surface area contributed by atoms with Gasteiger partial charge in [-0.1, -0.05) is 0 Å². The van der Waals surface area contributed by atoms with Crippen LogP contribution >= 0.6 is 38.6 Å². The van der Waals surface area contributed by atoms with Crippen LogP contribution in [0.25, 0.3) is 0 Å². The van der Waals surface area contributed by atoms with E-state index in [2.05, 4.69) is 26.2 Å². The molecule has 3 heterocycles. The van der Waals surface area contributed by atoms with Crippen LogP contribution in [0.4, 0.5) is 5.13 Å². The number of sulfonamides is 1. The maximum atomic E-state index is 12.7. The fourth-order valence-corrected chi connectivity index (χ4v) is 6.94. The van der Waals surface area contributed by atoms with E-state index in [0.717, 1.165) is 9.48 Å². The summed E-state index contributed by atoms with van der Waals surface area (Å²) in [5.41, 5.74) is 0.853. The lowest BCUT2D eigenvalue weighted by Gasteiger charge is -2.30. The average molecular weight is 450 g/mol. The second kappa shape index (κ2) is 7.20. The molecule has 1 atom stereocenters. The number of piperidine rings is 1. The quantitative estimate of drug-likeness (QED) is 0.775. The Bertz CT molecular complexity index is 846. The zero-order valence-corrected chi connectivity index (χ0v) is 16.9. The van der Waals surface area contributed by atoms with Crippen molar-refractivity contribution in [3.8, 4) is 0 Å². The number of carbonyl (C=O) groups is 1. The number of thiazole rings is 1. The van der Waals surface area contributed by atoms with Crippen LogP contribution in [0.1, 0.15) is 18.5 Å². The fraction of sp³-hybridized carbons (Fsp3) is 0.429. The minimum absolute atomic E-state index is 0.170. The lowest BCUT2D eigenvalue weighted by Crippen LogP contribution is -2.43. The van der Waals surface area contributed by atoms with E-state index in [-0.39, 0.29) is 18.4 Å². The molecule has 0 aromatic carbocycles. The molecule has 2 aromatic heterocycles. The maximum absolute atomic E-state index is 12.7. The molecule has 0 spiro atoms. The van der Waals surface area contributed by atoms with E-state index < -0.39 is 10.0 Å². The highest BCUT2D eigenvalue weighted by atomic mass is 79.9. The van der Waals surface area contributed by atoms with Gasteiger partial charge in [-0.15, -0.1) is 22.7 Å². The Hall–Kier alpha value is -0.810. The largest absolute Gasteiger partial charge is 0.302 e. The van der Waals surface area contributed by atoms with Crippen molar-refractivity contribution in [2.75, 3.05) is 18.4 Å². The first kappa shape index (κ1) is 18.0. The third-order valence-corrected chi connectivity index (χ3v) is 8.58. The normalized spacial score (nSPS) is 19.3. The number of carbonyl (C=O) groups excluding carboxylic acids is 1. The molecule has 6 nitrogen and oxygen atoms in total. The summed E-state index contributed by atoms with van der Waals surface area (Å²) in [6.45, 7) is 2.51. The molecule has 1 aliphatic rings. The van der Waals surface area contributed by atoms with E-state index in [0.29, 0.717) is 28.7 Å². The van der Waals surface area contributed by atoms with Crippen molar-refractivity contribution >= 4 is 59.7 Å². The molecular weight excluding hydrogens is 434 g/mol. The van der Waals surface area contributed by atoms with E-state index in [1.807, 2.05) is 12.3 Å². The Labute approximate surface area is 157 Å². The molecular formula is C14H16BrN3O3S3. The van der Waals surface area contributed by atoms with Gasteiger partial charge in [0.05, 0.1) is 15.4 Å². The van der Waals surface area contributed by atoms with Crippen molar-refractivity contribution in [2.24, 2.45) is 5.92 Å². The molecule has 10 heteroatoms. The molecule has 1 amide bonds. The first-order valence-corrected chi connectivity index (χ1v) is 11.3. The zero-order chi connectivity index (χ0) is 17.3. The van der Waals surface area contributed by atoms with Gasteiger partial charge in [0.25, 0.3) is 10.0 Å². The van der Waals surface area contributed by atoms with Gasteiger partial charge in [-0.25, -0.2) is 13.4 Å². The van der Waals surface area contributed by atoms with Gasteiger partial charge in [0.15, 0.2) is 5.13 Å². The molecule has 0 bridgehead atoms. The van der Waals surface area contributed by atoms with Crippen LogP contribution < -0.4 is 5.32 Å². The van der Waals surface area contributed by atoms with Crippen LogP contribution in [-0.4, -0.2) is 36.7 Å². The number of anilines is 1. The number of amides is 1. The molecule has 130 valence electrons. The van der Waals surface area contributed by atoms with Crippen molar-refractivity contribution in [1.29, 1.82) is 0 Å². The van der Waals surface area contributed by atoms with Gasteiger partial charge in [-0.2, -0.15) is 4.31 Å². The summed E-state index contributed by atoms with van der Waals surface area (Å²) in [7, 11) is -3.55. The summed E-state index contributed by atoms with van der Waals surface area (Å²) < 4.78 is 27.9. The number of rotatable bonds is 4. The van der Waals surface area contributed by atoms with E-state index in [1.54, 1.807) is 12.1 Å². The number of nitrogens with one attached hydrogen (secondary N) is 1. The predicted octanol–water partition coefficient (Wildman–Crippen LogP) is 3.31. The SMILES string of the molecule is Cc1csc(NC(=O)[C@H]2CCCN(S(=O)(=O)c3ccc(Br)s3)C2)n1. The van der Waals surface area contributed by atoms with E-state index >= 15 is 0 Å². The minimum Gasteiger partial charge on any atom is -0.302 e. The molecule has 3 rings (SSSR count). The molecule has 1 aliphatic heterocycles. The molecule has 2 aromatic rings. The van der Waals surface area contributed by atoms with Gasteiger partial charge in [0.2, 0.25) is 5.91 Å². The molecule has 0 aliphatic carbocycles. The number of aryl methyl sites for hydroxylation is 1. The minimum atomic E-state index is -3.55. The van der Waals surface area contributed by atoms with Crippen molar-refractivity contribution < 1.29 is 13.2 Å². The van der Waals surface area contributed by atoms with Gasteiger partial charge in [0.1, 0.15) is 4.21 Å². The number of thiophene rings is 1. The van der Waals surface area contributed by atoms with E-state index in [9.17, 15) is 13.2 Å². The lowest BCUT2D eigenvalue weighted by molar-refractivity contribution is -0.120. The van der Waals surface area contributed by atoms with Gasteiger partial charge in [-0.3, -0.25) is 4.79 Å². The highest BCUT2D eigenvalue weighted by Crippen LogP contribution is 2.31. The topological polar surface area (TPSA) is 79.4 Å². The monoisotopic (exact) mass is 449 g/mol. The number of nitrogens with zero attached hydrogens (tertiary/aromatic N) is 2. The Morgan fingerprint density at radius 1 is 1.46 bits per heavy atom. The third-order valence-electron chi connectivity index (χ3n) is 3.75. The Kier molecular flexibility index (Phi) is 5.40. The number of hydrogen-bond donors (Lipinski definition) is 1. The highest BCUT2D eigenvalue weighted by Gasteiger charge is 2.34. The summed E-state index contributed by atoms with van der Waals surface area (Å²) in [4.78, 5) is 16.6.